The van der Waals surface area contributed by atoms with Crippen molar-refractivity contribution in [2.45, 2.75) is 0 Å². The largest absolute Gasteiger partial charge is 0.387 e. The molecule has 0 amide bonds. The van der Waals surface area contributed by atoms with E-state index in [1.807, 2.05) is 6.20 Å². The van der Waals surface area contributed by atoms with Gasteiger partial charge in [-0.25, -0.2) is 0 Å². The maximum absolute atomic E-state index is 4.88. The quantitative estimate of drug-likeness (QED) is 0.215. The highest BCUT2D eigenvalue weighted by atomic mass is 15.2. The molecule has 10 rings (SSSR count). The molecule has 2 aliphatic heterocycles. The monoisotopic (exact) mass is 614 g/mol. The molecule has 4 heterocycles. The van der Waals surface area contributed by atoms with Gasteiger partial charge in [-0.15, -0.1) is 0 Å². The number of pyridine rings is 1. The van der Waals surface area contributed by atoms with Crippen LogP contribution in [0.4, 0.5) is 11.4 Å². The zero-order valence-corrected chi connectivity index (χ0v) is 26.1. The van der Waals surface area contributed by atoms with Gasteiger partial charge in [0.25, 0.3) is 0 Å². The van der Waals surface area contributed by atoms with Gasteiger partial charge in [0.1, 0.15) is 0 Å². The van der Waals surface area contributed by atoms with Crippen LogP contribution in [0.5, 0.6) is 0 Å². The Morgan fingerprint density at radius 1 is 0.604 bits per heavy atom. The number of hydrogen-bond donors (Lipinski definition) is 1. The van der Waals surface area contributed by atoms with Crippen LogP contribution < -0.4 is 10.2 Å². The van der Waals surface area contributed by atoms with Crippen molar-refractivity contribution < 1.29 is 0 Å². The van der Waals surface area contributed by atoms with Gasteiger partial charge >= 0.3 is 0 Å². The number of nitrogens with one attached hydrogen (secondary N) is 1. The molecule has 2 aromatic heterocycles. The standard InChI is InChI=1S/C44H30N4/c1-2-12-31-26-34(21-20-29(31)10-1)47-40-19-8-6-17-37(40)44-42(38-28-45-24-23-41(38)47)36-16-5-7-18-39(36)48(44)33-14-9-13-32(27-33)43-35-15-4-3-11-30(35)22-25-46-43/h1-27,45H,28H2. The average molecular weight is 615 g/mol. The van der Waals surface area contributed by atoms with Gasteiger partial charge in [-0.2, -0.15) is 0 Å². The van der Waals surface area contributed by atoms with Crippen LogP contribution in [0, 0.1) is 0 Å². The molecule has 0 saturated carbocycles. The molecule has 0 unspecified atom stereocenters. The highest BCUT2D eigenvalue weighted by Crippen LogP contribution is 2.50. The van der Waals surface area contributed by atoms with E-state index in [1.54, 1.807) is 0 Å². The third kappa shape index (κ3) is 3.99. The van der Waals surface area contributed by atoms with E-state index in [2.05, 4.69) is 173 Å². The summed E-state index contributed by atoms with van der Waals surface area (Å²) in [6.07, 6.45) is 6.23. The molecule has 226 valence electrons. The summed E-state index contributed by atoms with van der Waals surface area (Å²) >= 11 is 0. The summed E-state index contributed by atoms with van der Waals surface area (Å²) in [7, 11) is 0. The van der Waals surface area contributed by atoms with Crippen LogP contribution in [-0.4, -0.2) is 16.1 Å². The van der Waals surface area contributed by atoms with Crippen molar-refractivity contribution in [2.75, 3.05) is 11.4 Å². The molecule has 48 heavy (non-hydrogen) atoms. The van der Waals surface area contributed by atoms with Crippen molar-refractivity contribution in [3.8, 4) is 28.2 Å². The van der Waals surface area contributed by atoms with Crippen LogP contribution in [0.25, 0.3) is 66.2 Å². The second-order valence-electron chi connectivity index (χ2n) is 12.5. The van der Waals surface area contributed by atoms with Gasteiger partial charge in [-0.05, 0) is 70.9 Å². The lowest BCUT2D eigenvalue weighted by molar-refractivity contribution is 0.966. The summed E-state index contributed by atoms with van der Waals surface area (Å²) in [4.78, 5) is 7.33. The first-order chi connectivity index (χ1) is 23.8. The van der Waals surface area contributed by atoms with Crippen molar-refractivity contribution in [1.82, 2.24) is 14.9 Å². The Kier molecular flexibility index (Phi) is 5.90. The van der Waals surface area contributed by atoms with Gasteiger partial charge in [0.15, 0.2) is 0 Å². The normalized spacial score (nSPS) is 13.7. The van der Waals surface area contributed by atoms with E-state index in [0.29, 0.717) is 0 Å². The van der Waals surface area contributed by atoms with E-state index >= 15 is 0 Å². The van der Waals surface area contributed by atoms with Crippen LogP contribution in [0.3, 0.4) is 0 Å². The van der Waals surface area contributed by atoms with Gasteiger partial charge in [-0.1, -0.05) is 103 Å². The Bertz CT molecular complexity index is 2630. The third-order valence-electron chi connectivity index (χ3n) is 9.81. The van der Waals surface area contributed by atoms with Crippen LogP contribution >= 0.6 is 0 Å². The maximum atomic E-state index is 4.88. The average Bonchev–Trinajstić information content (AvgIpc) is 3.44. The fourth-order valence-electron chi connectivity index (χ4n) is 7.72. The predicted molar refractivity (Wildman–Crippen MR) is 200 cm³/mol. The number of hydrogen-bond acceptors (Lipinski definition) is 3. The molecule has 4 heteroatoms. The van der Waals surface area contributed by atoms with Gasteiger partial charge in [0.05, 0.1) is 28.3 Å². The van der Waals surface area contributed by atoms with Crippen molar-refractivity contribution >= 4 is 49.4 Å². The van der Waals surface area contributed by atoms with E-state index in [1.165, 1.54) is 55.2 Å². The van der Waals surface area contributed by atoms with Crippen LogP contribution in [0.2, 0.25) is 0 Å². The zero-order valence-electron chi connectivity index (χ0n) is 26.1. The molecule has 0 fully saturated rings. The molecule has 2 aliphatic rings. The van der Waals surface area contributed by atoms with Crippen molar-refractivity contribution in [3.63, 3.8) is 0 Å². The third-order valence-corrected chi connectivity index (χ3v) is 9.81. The number of para-hydroxylation sites is 2. The fourth-order valence-corrected chi connectivity index (χ4v) is 7.72. The Hall–Kier alpha value is -6.39. The molecule has 1 N–H and O–H groups in total. The van der Waals surface area contributed by atoms with Crippen LogP contribution in [-0.2, 0) is 0 Å². The molecule has 0 saturated heterocycles. The Balaban J connectivity index is 1.28. The van der Waals surface area contributed by atoms with E-state index in [4.69, 9.17) is 4.98 Å². The van der Waals surface area contributed by atoms with Gasteiger partial charge in [0.2, 0.25) is 0 Å². The lowest BCUT2D eigenvalue weighted by Gasteiger charge is -2.30. The van der Waals surface area contributed by atoms with Gasteiger partial charge in [0, 0.05) is 57.2 Å². The molecular weight excluding hydrogens is 585 g/mol. The van der Waals surface area contributed by atoms with Crippen molar-refractivity contribution in [2.24, 2.45) is 0 Å². The lowest BCUT2D eigenvalue weighted by atomic mass is 9.96. The summed E-state index contributed by atoms with van der Waals surface area (Å²) in [5, 5.41) is 9.60. The molecule has 0 bridgehead atoms. The van der Waals surface area contributed by atoms with E-state index in [9.17, 15) is 0 Å². The number of rotatable bonds is 3. The maximum Gasteiger partial charge on any atom is 0.0781 e. The smallest absolute Gasteiger partial charge is 0.0781 e. The second kappa shape index (κ2) is 10.6. The van der Waals surface area contributed by atoms with E-state index in [0.717, 1.165) is 40.3 Å². The van der Waals surface area contributed by atoms with Crippen molar-refractivity contribution in [3.05, 3.63) is 175 Å². The molecular formula is C44H30N4. The number of aromatic nitrogens is 2. The number of nitrogens with zero attached hydrogens (tertiary/aromatic N) is 3. The van der Waals surface area contributed by atoms with E-state index < -0.39 is 0 Å². The summed E-state index contributed by atoms with van der Waals surface area (Å²) in [6, 6.07) is 52.5. The number of fused-ring (bicyclic) bond motifs is 8. The zero-order chi connectivity index (χ0) is 31.6. The lowest BCUT2D eigenvalue weighted by Crippen LogP contribution is -2.23. The molecule has 0 radical (unpaired) electrons. The van der Waals surface area contributed by atoms with Crippen LogP contribution in [0.15, 0.2) is 170 Å². The first-order valence-corrected chi connectivity index (χ1v) is 16.4. The fraction of sp³-hybridized carbons (Fsp3) is 0.0227. The topological polar surface area (TPSA) is 33.1 Å². The number of benzene rings is 6. The van der Waals surface area contributed by atoms with Crippen LogP contribution in [0.1, 0.15) is 5.56 Å². The van der Waals surface area contributed by atoms with Gasteiger partial charge < -0.3 is 14.8 Å². The molecule has 4 nitrogen and oxygen atoms in total. The number of dihydropyridines is 1. The minimum absolute atomic E-state index is 0.727. The molecule has 0 atom stereocenters. The van der Waals surface area contributed by atoms with Crippen molar-refractivity contribution in [1.29, 1.82) is 0 Å². The number of allylic oxidation sites excluding steroid dienone is 1. The summed E-state index contributed by atoms with van der Waals surface area (Å²) in [5.41, 5.74) is 12.8. The molecule has 6 aromatic carbocycles. The highest BCUT2D eigenvalue weighted by molar-refractivity contribution is 6.09. The summed E-state index contributed by atoms with van der Waals surface area (Å²) < 4.78 is 2.46. The summed E-state index contributed by atoms with van der Waals surface area (Å²) in [5.74, 6) is 0. The Morgan fingerprint density at radius 3 is 2.33 bits per heavy atom. The molecule has 8 aromatic rings. The second-order valence-corrected chi connectivity index (χ2v) is 12.5. The predicted octanol–water partition coefficient (Wildman–Crippen LogP) is 10.6. The Labute approximate surface area is 278 Å². The molecule has 0 aliphatic carbocycles. The minimum atomic E-state index is 0.727. The molecule has 0 spiro atoms. The van der Waals surface area contributed by atoms with Gasteiger partial charge in [-0.3, -0.25) is 4.98 Å². The highest BCUT2D eigenvalue weighted by Gasteiger charge is 2.33. The first kappa shape index (κ1) is 26.8. The minimum Gasteiger partial charge on any atom is -0.387 e. The number of anilines is 2. The SMILES string of the molecule is C1=CC2=C(CN1)c1c(n(-c3cccc(-c4nccc5ccccc45)c3)c3ccccc13)-c1ccccc1N2c1ccc2ccccc2c1. The Morgan fingerprint density at radius 2 is 1.40 bits per heavy atom. The van der Waals surface area contributed by atoms with E-state index in [-0.39, 0.29) is 0 Å². The first-order valence-electron chi connectivity index (χ1n) is 16.4. The summed E-state index contributed by atoms with van der Waals surface area (Å²) in [6.45, 7) is 0.727.